The van der Waals surface area contributed by atoms with E-state index in [2.05, 4.69) is 0 Å². The largest absolute Gasteiger partial charge is 0.465 e. The Morgan fingerprint density at radius 2 is 1.72 bits per heavy atom. The minimum atomic E-state index is -3.89. The summed E-state index contributed by atoms with van der Waals surface area (Å²) in [6, 6.07) is 10.3. The van der Waals surface area contributed by atoms with Gasteiger partial charge in [0.2, 0.25) is 0 Å². The molecular formula is C19H16N2O6S2. The molecule has 0 aliphatic carbocycles. The van der Waals surface area contributed by atoms with E-state index >= 15 is 0 Å². The summed E-state index contributed by atoms with van der Waals surface area (Å²) in [5, 5.41) is 1.43. The van der Waals surface area contributed by atoms with Crippen molar-refractivity contribution in [1.29, 1.82) is 0 Å². The summed E-state index contributed by atoms with van der Waals surface area (Å²) in [5.41, 5.74) is 6.54. The van der Waals surface area contributed by atoms with Crippen LogP contribution in [0.1, 0.15) is 25.6 Å². The average molecular weight is 432 g/mol. The van der Waals surface area contributed by atoms with Crippen LogP contribution in [-0.4, -0.2) is 34.6 Å². The smallest absolute Gasteiger partial charge is 0.348 e. The first-order valence-corrected chi connectivity index (χ1v) is 10.7. The molecule has 1 aliphatic heterocycles. The van der Waals surface area contributed by atoms with Gasteiger partial charge in [0.1, 0.15) is 9.88 Å². The van der Waals surface area contributed by atoms with Crippen LogP contribution in [0.5, 0.6) is 0 Å². The zero-order chi connectivity index (χ0) is 20.9. The van der Waals surface area contributed by atoms with Crippen LogP contribution < -0.4 is 10.0 Å². The van der Waals surface area contributed by atoms with E-state index in [0.717, 1.165) is 16.7 Å². The number of nitrogens with two attached hydrogens (primary N) is 1. The van der Waals surface area contributed by atoms with Crippen LogP contribution in [0.4, 0.5) is 10.7 Å². The third-order valence-electron chi connectivity index (χ3n) is 4.78. The third-order valence-corrected chi connectivity index (χ3v) is 7.62. The van der Waals surface area contributed by atoms with Gasteiger partial charge in [0, 0.05) is 10.9 Å². The summed E-state index contributed by atoms with van der Waals surface area (Å²) in [6.45, 7) is -0.265. The molecule has 3 aromatic rings. The molecule has 0 bridgehead atoms. The van der Waals surface area contributed by atoms with Gasteiger partial charge in [-0.15, -0.1) is 11.3 Å². The van der Waals surface area contributed by atoms with Gasteiger partial charge in [-0.3, -0.25) is 4.31 Å². The molecule has 2 N–H and O–H groups in total. The highest BCUT2D eigenvalue weighted by molar-refractivity contribution is 7.93. The number of carbonyl (C=O) groups excluding carboxylic acids is 2. The molecule has 150 valence electrons. The van der Waals surface area contributed by atoms with E-state index in [1.165, 1.54) is 24.6 Å². The maximum absolute atomic E-state index is 13.2. The molecule has 0 amide bonds. The van der Waals surface area contributed by atoms with E-state index in [9.17, 15) is 18.0 Å². The zero-order valence-corrected chi connectivity index (χ0v) is 17.1. The van der Waals surface area contributed by atoms with E-state index in [1.807, 2.05) is 12.1 Å². The highest BCUT2D eigenvalue weighted by Crippen LogP contribution is 2.44. The predicted octanol–water partition coefficient (Wildman–Crippen LogP) is 2.77. The Morgan fingerprint density at radius 3 is 2.38 bits per heavy atom. The van der Waals surface area contributed by atoms with E-state index < -0.39 is 22.0 Å². The van der Waals surface area contributed by atoms with Crippen molar-refractivity contribution < 1.29 is 27.5 Å². The summed E-state index contributed by atoms with van der Waals surface area (Å²) in [7, 11) is -1.51. The van der Waals surface area contributed by atoms with Gasteiger partial charge < -0.3 is 15.2 Å². The fourth-order valence-electron chi connectivity index (χ4n) is 3.49. The zero-order valence-electron chi connectivity index (χ0n) is 15.5. The monoisotopic (exact) mass is 432 g/mol. The Balaban J connectivity index is 1.93. The van der Waals surface area contributed by atoms with E-state index in [0.29, 0.717) is 11.1 Å². The maximum atomic E-state index is 13.2. The minimum absolute atomic E-state index is 0.0313. The van der Waals surface area contributed by atoms with Crippen LogP contribution in [0.3, 0.4) is 0 Å². The van der Waals surface area contributed by atoms with E-state index in [4.69, 9.17) is 15.2 Å². The Kier molecular flexibility index (Phi) is 4.47. The summed E-state index contributed by atoms with van der Waals surface area (Å²) in [5.74, 6) is -1.46. The molecule has 2 heterocycles. The fourth-order valence-corrected chi connectivity index (χ4v) is 6.15. The molecule has 1 aliphatic rings. The molecule has 0 atom stereocenters. The van der Waals surface area contributed by atoms with Crippen LogP contribution >= 0.6 is 11.3 Å². The van der Waals surface area contributed by atoms with E-state index in [1.54, 1.807) is 18.2 Å². The summed E-state index contributed by atoms with van der Waals surface area (Å²) in [4.78, 5) is 24.8. The Hall–Kier alpha value is -3.11. The molecule has 0 saturated carbocycles. The normalized spacial score (nSPS) is 14.2. The number of thiophene rings is 1. The summed E-state index contributed by atoms with van der Waals surface area (Å²) in [6.07, 6.45) is 0. The number of rotatable bonds is 4. The van der Waals surface area contributed by atoms with Crippen LogP contribution in [0, 0.1) is 0 Å². The molecule has 1 aromatic heterocycles. The van der Waals surface area contributed by atoms with Gasteiger partial charge >= 0.3 is 11.9 Å². The van der Waals surface area contributed by atoms with Crippen molar-refractivity contribution in [3.05, 3.63) is 52.4 Å². The number of carbonyl (C=O) groups is 2. The molecule has 0 radical (unpaired) electrons. The maximum Gasteiger partial charge on any atom is 0.348 e. The lowest BCUT2D eigenvalue weighted by atomic mass is 10.1. The number of ether oxygens (including phenoxy) is 2. The first-order chi connectivity index (χ1) is 13.8. The Bertz CT molecular complexity index is 1270. The minimum Gasteiger partial charge on any atom is -0.465 e. The lowest BCUT2D eigenvalue weighted by Crippen LogP contribution is -2.28. The van der Waals surface area contributed by atoms with Crippen LogP contribution in [0.2, 0.25) is 0 Å². The van der Waals surface area contributed by atoms with Gasteiger partial charge in [-0.1, -0.05) is 24.3 Å². The predicted molar refractivity (Wildman–Crippen MR) is 109 cm³/mol. The van der Waals surface area contributed by atoms with Gasteiger partial charge in [-0.25, -0.2) is 18.0 Å². The second-order valence-corrected chi connectivity index (χ2v) is 9.16. The number of nitrogen functional groups attached to an aromatic ring is 1. The number of benzene rings is 2. The van der Waals surface area contributed by atoms with Crippen molar-refractivity contribution in [2.45, 2.75) is 11.4 Å². The fraction of sp³-hybridized carbons (Fsp3) is 0.158. The SMILES string of the molecule is COC(=O)c1sc(N)c(C(=O)OC)c1CN1c2cccc3cccc(c23)S1(=O)=O. The quantitative estimate of drug-likeness (QED) is 0.630. The number of nitrogens with zero attached hydrogens (tertiary/aromatic N) is 1. The van der Waals surface area contributed by atoms with Crippen molar-refractivity contribution >= 4 is 54.8 Å². The molecule has 29 heavy (non-hydrogen) atoms. The third kappa shape index (κ3) is 2.75. The van der Waals surface area contributed by atoms with Crippen molar-refractivity contribution in [1.82, 2.24) is 0 Å². The molecular weight excluding hydrogens is 416 g/mol. The lowest BCUT2D eigenvalue weighted by Gasteiger charge is -2.19. The molecule has 0 spiro atoms. The van der Waals surface area contributed by atoms with Crippen molar-refractivity contribution in [3.63, 3.8) is 0 Å². The Labute approximate surface area is 170 Å². The number of hydrogen-bond donors (Lipinski definition) is 1. The number of esters is 2. The van der Waals surface area contributed by atoms with Crippen LogP contribution in [0.25, 0.3) is 10.8 Å². The molecule has 4 rings (SSSR count). The van der Waals surface area contributed by atoms with Crippen molar-refractivity contribution in [3.8, 4) is 0 Å². The van der Waals surface area contributed by atoms with Crippen LogP contribution in [-0.2, 0) is 26.0 Å². The number of hydrogen-bond acceptors (Lipinski definition) is 8. The standard InChI is InChI=1S/C19H16N2O6S2/c1-26-18(22)15-11(16(19(23)27-2)28-17(15)20)9-21-12-7-3-5-10-6-4-8-13(14(10)12)29(21,24)25/h3-8H,9,20H2,1-2H3. The van der Waals surface area contributed by atoms with E-state index in [-0.39, 0.29) is 32.4 Å². The number of methoxy groups -OCH3 is 2. The van der Waals surface area contributed by atoms with Gasteiger partial charge in [-0.2, -0.15) is 0 Å². The second-order valence-electron chi connectivity index (χ2n) is 6.28. The summed E-state index contributed by atoms with van der Waals surface area (Å²) >= 11 is 0.858. The van der Waals surface area contributed by atoms with Gasteiger partial charge in [0.25, 0.3) is 10.0 Å². The first-order valence-electron chi connectivity index (χ1n) is 8.43. The average Bonchev–Trinajstić information content (AvgIpc) is 3.15. The number of sulfonamides is 1. The molecule has 0 unspecified atom stereocenters. The highest BCUT2D eigenvalue weighted by atomic mass is 32.2. The first kappa shape index (κ1) is 19.2. The van der Waals surface area contributed by atoms with Crippen LogP contribution in [0.15, 0.2) is 41.3 Å². The van der Waals surface area contributed by atoms with Crippen molar-refractivity contribution in [2.75, 3.05) is 24.3 Å². The second kappa shape index (κ2) is 6.75. The van der Waals surface area contributed by atoms with Gasteiger partial charge in [-0.05, 0) is 17.5 Å². The van der Waals surface area contributed by atoms with Gasteiger partial charge in [0.15, 0.2) is 0 Å². The van der Waals surface area contributed by atoms with Crippen molar-refractivity contribution in [2.24, 2.45) is 0 Å². The molecule has 0 fully saturated rings. The van der Waals surface area contributed by atoms with Gasteiger partial charge in [0.05, 0.1) is 36.9 Å². The molecule has 2 aromatic carbocycles. The highest BCUT2D eigenvalue weighted by Gasteiger charge is 2.38. The Morgan fingerprint density at radius 1 is 1.07 bits per heavy atom. The molecule has 0 saturated heterocycles. The lowest BCUT2D eigenvalue weighted by molar-refractivity contribution is 0.0601. The summed E-state index contributed by atoms with van der Waals surface area (Å²) < 4.78 is 37.2. The topological polar surface area (TPSA) is 116 Å². The number of anilines is 2. The molecule has 8 nitrogen and oxygen atoms in total. The molecule has 10 heteroatoms.